The summed E-state index contributed by atoms with van der Waals surface area (Å²) in [6.45, 7) is 5.38. The molecule has 2 amide bonds. The first-order valence-corrected chi connectivity index (χ1v) is 9.75. The van der Waals surface area contributed by atoms with Crippen molar-refractivity contribution < 1.29 is 9.53 Å². The number of carbonyl (C=O) groups is 1. The summed E-state index contributed by atoms with van der Waals surface area (Å²) in [4.78, 5) is 20.3. The Morgan fingerprint density at radius 1 is 1.15 bits per heavy atom. The highest BCUT2D eigenvalue weighted by Crippen LogP contribution is 2.19. The van der Waals surface area contributed by atoms with Crippen LogP contribution in [0.25, 0.3) is 10.9 Å². The average Bonchev–Trinajstić information content (AvgIpc) is 3.00. The molecule has 0 radical (unpaired) electrons. The van der Waals surface area contributed by atoms with E-state index in [1.165, 1.54) is 19.3 Å². The van der Waals surface area contributed by atoms with E-state index < -0.39 is 0 Å². The summed E-state index contributed by atoms with van der Waals surface area (Å²) in [6, 6.07) is 7.92. The van der Waals surface area contributed by atoms with Crippen LogP contribution in [0.4, 0.5) is 10.5 Å². The predicted molar refractivity (Wildman–Crippen MR) is 104 cm³/mol. The molecule has 2 N–H and O–H groups in total. The van der Waals surface area contributed by atoms with Gasteiger partial charge in [-0.15, -0.1) is 0 Å². The lowest BCUT2D eigenvalue weighted by molar-refractivity contribution is 0.0261. The molecule has 0 saturated carbocycles. The maximum absolute atomic E-state index is 12.8. The number of aromatic nitrogens is 1. The predicted octanol–water partition coefficient (Wildman–Crippen LogP) is 3.28. The third-order valence-electron chi connectivity index (χ3n) is 5.35. The van der Waals surface area contributed by atoms with Gasteiger partial charge in [-0.05, 0) is 56.6 Å². The number of nitrogens with one attached hydrogen (secondary N) is 2. The van der Waals surface area contributed by atoms with Crippen LogP contribution in [0.2, 0.25) is 0 Å². The Kier molecular flexibility index (Phi) is 5.41. The van der Waals surface area contributed by atoms with Crippen LogP contribution in [0, 0.1) is 0 Å². The van der Waals surface area contributed by atoms with Crippen molar-refractivity contribution in [2.75, 3.05) is 44.6 Å². The second kappa shape index (κ2) is 8.10. The van der Waals surface area contributed by atoms with Gasteiger partial charge in [0.25, 0.3) is 0 Å². The number of H-pyrrole nitrogens is 1. The molecule has 0 spiro atoms. The SMILES string of the molecule is O=C(Nc1ccc2[nH]ccc2c1)N1CCCOC(CN2CCCCC2)C1. The highest BCUT2D eigenvalue weighted by Gasteiger charge is 2.25. The van der Waals surface area contributed by atoms with Crippen molar-refractivity contribution >= 4 is 22.6 Å². The second-order valence-electron chi connectivity index (χ2n) is 7.36. The van der Waals surface area contributed by atoms with Gasteiger partial charge in [0.2, 0.25) is 0 Å². The number of likely N-dealkylation sites (tertiary alicyclic amines) is 1. The van der Waals surface area contributed by atoms with Gasteiger partial charge in [0.05, 0.1) is 6.10 Å². The highest BCUT2D eigenvalue weighted by molar-refractivity contribution is 5.92. The lowest BCUT2D eigenvalue weighted by Gasteiger charge is -2.31. The number of urea groups is 1. The number of nitrogens with zero attached hydrogens (tertiary/aromatic N) is 2. The van der Waals surface area contributed by atoms with E-state index in [4.69, 9.17) is 4.74 Å². The van der Waals surface area contributed by atoms with Gasteiger partial charge >= 0.3 is 6.03 Å². The summed E-state index contributed by atoms with van der Waals surface area (Å²) < 4.78 is 6.02. The molecule has 1 aromatic carbocycles. The molecule has 3 heterocycles. The zero-order valence-corrected chi connectivity index (χ0v) is 15.2. The number of anilines is 1. The summed E-state index contributed by atoms with van der Waals surface area (Å²) in [6.07, 6.45) is 6.79. The lowest BCUT2D eigenvalue weighted by atomic mass is 10.1. The molecule has 0 aliphatic carbocycles. The monoisotopic (exact) mass is 356 g/mol. The Balaban J connectivity index is 1.37. The van der Waals surface area contributed by atoms with E-state index in [1.54, 1.807) is 0 Å². The molecule has 4 rings (SSSR count). The zero-order chi connectivity index (χ0) is 17.8. The fourth-order valence-electron chi connectivity index (χ4n) is 3.95. The van der Waals surface area contributed by atoms with Crippen LogP contribution in [0.5, 0.6) is 0 Å². The molecule has 2 aliphatic rings. The van der Waals surface area contributed by atoms with Gasteiger partial charge in [-0.3, -0.25) is 0 Å². The average molecular weight is 356 g/mol. The van der Waals surface area contributed by atoms with Gasteiger partial charge in [-0.2, -0.15) is 0 Å². The standard InChI is InChI=1S/C20H28N4O2/c25-20(22-17-5-6-19-16(13-17)7-8-21-19)24-11-4-12-26-18(15-24)14-23-9-2-1-3-10-23/h5-8,13,18,21H,1-4,9-12,14-15H2,(H,22,25). The molecule has 1 aromatic heterocycles. The van der Waals surface area contributed by atoms with E-state index in [1.807, 2.05) is 35.4 Å². The van der Waals surface area contributed by atoms with E-state index in [0.717, 1.165) is 55.8 Å². The summed E-state index contributed by atoms with van der Waals surface area (Å²) in [7, 11) is 0. The Bertz CT molecular complexity index is 738. The van der Waals surface area contributed by atoms with Crippen molar-refractivity contribution in [3.8, 4) is 0 Å². The van der Waals surface area contributed by atoms with Gasteiger partial charge in [0.1, 0.15) is 0 Å². The Hall–Kier alpha value is -2.05. The highest BCUT2D eigenvalue weighted by atomic mass is 16.5. The lowest BCUT2D eigenvalue weighted by Crippen LogP contribution is -2.45. The first-order chi connectivity index (χ1) is 12.8. The summed E-state index contributed by atoms with van der Waals surface area (Å²) in [5.41, 5.74) is 1.91. The van der Waals surface area contributed by atoms with Gasteiger partial charge in [-0.1, -0.05) is 6.42 Å². The number of rotatable bonds is 3. The Morgan fingerprint density at radius 2 is 2.04 bits per heavy atom. The number of ether oxygens (including phenoxy) is 1. The molecule has 140 valence electrons. The summed E-state index contributed by atoms with van der Waals surface area (Å²) in [5.74, 6) is 0. The smallest absolute Gasteiger partial charge is 0.321 e. The second-order valence-corrected chi connectivity index (χ2v) is 7.36. The molecule has 2 aliphatic heterocycles. The van der Waals surface area contributed by atoms with Gasteiger partial charge in [-0.25, -0.2) is 4.79 Å². The molecule has 26 heavy (non-hydrogen) atoms. The van der Waals surface area contributed by atoms with Crippen molar-refractivity contribution in [3.63, 3.8) is 0 Å². The van der Waals surface area contributed by atoms with Gasteiger partial charge in [0.15, 0.2) is 0 Å². The number of fused-ring (bicyclic) bond motifs is 1. The number of carbonyl (C=O) groups excluding carboxylic acids is 1. The maximum Gasteiger partial charge on any atom is 0.321 e. The van der Waals surface area contributed by atoms with Crippen LogP contribution in [-0.4, -0.2) is 66.2 Å². The van der Waals surface area contributed by atoms with Crippen molar-refractivity contribution in [2.24, 2.45) is 0 Å². The first-order valence-electron chi connectivity index (χ1n) is 9.75. The first kappa shape index (κ1) is 17.4. The normalized spacial score (nSPS) is 22.3. The largest absolute Gasteiger partial charge is 0.375 e. The van der Waals surface area contributed by atoms with Crippen LogP contribution >= 0.6 is 0 Å². The molecule has 2 aromatic rings. The molecule has 6 heteroatoms. The van der Waals surface area contributed by atoms with E-state index in [0.29, 0.717) is 6.54 Å². The van der Waals surface area contributed by atoms with Crippen molar-refractivity contribution in [2.45, 2.75) is 31.8 Å². The number of hydrogen-bond acceptors (Lipinski definition) is 3. The van der Waals surface area contributed by atoms with Gasteiger partial charge < -0.3 is 24.8 Å². The van der Waals surface area contributed by atoms with E-state index in [9.17, 15) is 4.79 Å². The number of benzene rings is 1. The zero-order valence-electron chi connectivity index (χ0n) is 15.2. The molecular formula is C20H28N4O2. The van der Waals surface area contributed by atoms with Crippen LogP contribution < -0.4 is 5.32 Å². The fraction of sp³-hybridized carbons (Fsp3) is 0.550. The Labute approximate surface area is 154 Å². The molecule has 2 fully saturated rings. The van der Waals surface area contributed by atoms with Crippen LogP contribution in [0.1, 0.15) is 25.7 Å². The number of piperidine rings is 1. The topological polar surface area (TPSA) is 60.6 Å². The number of amides is 2. The fourth-order valence-corrected chi connectivity index (χ4v) is 3.95. The number of hydrogen-bond donors (Lipinski definition) is 2. The number of aromatic amines is 1. The van der Waals surface area contributed by atoms with Crippen LogP contribution in [0.15, 0.2) is 30.5 Å². The molecule has 1 atom stereocenters. The quantitative estimate of drug-likeness (QED) is 0.887. The minimum Gasteiger partial charge on any atom is -0.375 e. The molecule has 1 unspecified atom stereocenters. The van der Waals surface area contributed by atoms with Crippen molar-refractivity contribution in [1.29, 1.82) is 0 Å². The third-order valence-corrected chi connectivity index (χ3v) is 5.35. The molecule has 6 nitrogen and oxygen atoms in total. The van der Waals surface area contributed by atoms with Crippen LogP contribution in [0.3, 0.4) is 0 Å². The van der Waals surface area contributed by atoms with E-state index >= 15 is 0 Å². The van der Waals surface area contributed by atoms with E-state index in [2.05, 4.69) is 15.2 Å². The van der Waals surface area contributed by atoms with Crippen molar-refractivity contribution in [3.05, 3.63) is 30.5 Å². The summed E-state index contributed by atoms with van der Waals surface area (Å²) >= 11 is 0. The van der Waals surface area contributed by atoms with Gasteiger partial charge in [0, 0.05) is 49.0 Å². The minimum absolute atomic E-state index is 0.0333. The van der Waals surface area contributed by atoms with Crippen LogP contribution in [-0.2, 0) is 4.74 Å². The summed E-state index contributed by atoms with van der Waals surface area (Å²) in [5, 5.41) is 4.15. The minimum atomic E-state index is -0.0333. The van der Waals surface area contributed by atoms with E-state index in [-0.39, 0.29) is 12.1 Å². The molecule has 0 bridgehead atoms. The third kappa shape index (κ3) is 4.19. The molecular weight excluding hydrogens is 328 g/mol. The molecule has 2 saturated heterocycles. The Morgan fingerprint density at radius 3 is 2.92 bits per heavy atom. The van der Waals surface area contributed by atoms with Crippen molar-refractivity contribution in [1.82, 2.24) is 14.8 Å². The maximum atomic E-state index is 12.8.